The molecule has 0 aromatic heterocycles. The minimum atomic E-state index is 0.240. The molecule has 3 heteroatoms. The molecule has 0 saturated carbocycles. The predicted octanol–water partition coefficient (Wildman–Crippen LogP) is 3.20. The van der Waals surface area contributed by atoms with Gasteiger partial charge in [0.05, 0.1) is 0 Å². The molecule has 2 nitrogen and oxygen atoms in total. The van der Waals surface area contributed by atoms with Crippen LogP contribution in [0.25, 0.3) is 0 Å². The second-order valence-electron chi connectivity index (χ2n) is 5.27. The molecule has 2 rings (SSSR count). The smallest absolute Gasteiger partial charge is 0.0426 e. The third-order valence-electron chi connectivity index (χ3n) is 3.14. The van der Waals surface area contributed by atoms with E-state index in [2.05, 4.69) is 37.5 Å². The summed E-state index contributed by atoms with van der Waals surface area (Å²) in [5.74, 6) is 0. The molecule has 1 atom stereocenters. The molecule has 1 aromatic rings. The zero-order valence-electron chi connectivity index (χ0n) is 10.1. The first kappa shape index (κ1) is 11.7. The van der Waals surface area contributed by atoms with Crippen LogP contribution in [0, 0.1) is 6.92 Å². The largest absolute Gasteiger partial charge is 0.381 e. The fourth-order valence-electron chi connectivity index (χ4n) is 2.23. The van der Waals surface area contributed by atoms with Gasteiger partial charge < -0.3 is 10.6 Å². The minimum absolute atomic E-state index is 0.240. The summed E-state index contributed by atoms with van der Waals surface area (Å²) in [6, 6.07) is 6.48. The summed E-state index contributed by atoms with van der Waals surface area (Å²) in [7, 11) is 0. The van der Waals surface area contributed by atoms with Crippen molar-refractivity contribution in [2.45, 2.75) is 38.8 Å². The Balaban J connectivity index is 2.07. The van der Waals surface area contributed by atoms with E-state index < -0.39 is 0 Å². The lowest BCUT2D eigenvalue weighted by Gasteiger charge is -2.19. The first-order valence-electron chi connectivity index (χ1n) is 5.74. The number of anilines is 1. The number of hydrogen-bond acceptors (Lipinski definition) is 2. The van der Waals surface area contributed by atoms with Gasteiger partial charge in [0.1, 0.15) is 0 Å². The second-order valence-corrected chi connectivity index (χ2v) is 5.71. The van der Waals surface area contributed by atoms with Gasteiger partial charge in [0.15, 0.2) is 0 Å². The van der Waals surface area contributed by atoms with Crippen LogP contribution in [-0.4, -0.2) is 18.1 Å². The van der Waals surface area contributed by atoms with E-state index in [1.54, 1.807) is 0 Å². The van der Waals surface area contributed by atoms with Crippen LogP contribution in [0.3, 0.4) is 0 Å². The maximum Gasteiger partial charge on any atom is 0.0426 e. The Morgan fingerprint density at radius 2 is 2.19 bits per heavy atom. The Bertz CT molecular complexity index is 388. The van der Waals surface area contributed by atoms with Gasteiger partial charge in [0, 0.05) is 28.8 Å². The average Bonchev–Trinajstić information content (AvgIpc) is 2.52. The van der Waals surface area contributed by atoms with E-state index in [0.717, 1.165) is 23.7 Å². The van der Waals surface area contributed by atoms with Crippen LogP contribution in [-0.2, 0) is 0 Å². The summed E-state index contributed by atoms with van der Waals surface area (Å²) in [4.78, 5) is 0. The van der Waals surface area contributed by atoms with Crippen LogP contribution in [0.4, 0.5) is 5.69 Å². The normalized spacial score (nSPS) is 23.4. The highest BCUT2D eigenvalue weighted by molar-refractivity contribution is 6.30. The third-order valence-corrected chi connectivity index (χ3v) is 3.38. The molecule has 1 aliphatic rings. The molecule has 0 radical (unpaired) electrons. The van der Waals surface area contributed by atoms with Crippen molar-refractivity contribution in [2.75, 3.05) is 11.9 Å². The van der Waals surface area contributed by atoms with Gasteiger partial charge in [-0.2, -0.15) is 0 Å². The Kier molecular flexibility index (Phi) is 3.13. The van der Waals surface area contributed by atoms with Crippen molar-refractivity contribution in [1.29, 1.82) is 0 Å². The third kappa shape index (κ3) is 2.69. The topological polar surface area (TPSA) is 24.1 Å². The Hall–Kier alpha value is -0.730. The van der Waals surface area contributed by atoms with Gasteiger partial charge in [-0.1, -0.05) is 17.7 Å². The zero-order chi connectivity index (χ0) is 11.8. The van der Waals surface area contributed by atoms with E-state index in [4.69, 9.17) is 11.6 Å². The van der Waals surface area contributed by atoms with Gasteiger partial charge >= 0.3 is 0 Å². The fourth-order valence-corrected chi connectivity index (χ4v) is 2.40. The van der Waals surface area contributed by atoms with E-state index in [1.165, 1.54) is 5.56 Å². The van der Waals surface area contributed by atoms with E-state index >= 15 is 0 Å². The van der Waals surface area contributed by atoms with Crippen molar-refractivity contribution in [3.05, 3.63) is 28.8 Å². The molecule has 1 fully saturated rings. The summed E-state index contributed by atoms with van der Waals surface area (Å²) < 4.78 is 0. The summed E-state index contributed by atoms with van der Waals surface area (Å²) in [6.45, 7) is 7.59. The lowest BCUT2D eigenvalue weighted by atomic mass is 10.0. The second kappa shape index (κ2) is 4.27. The SMILES string of the molecule is Cc1ccc(Cl)cc1NC1CNC(C)(C)C1. The first-order valence-corrected chi connectivity index (χ1v) is 6.12. The molecule has 1 unspecified atom stereocenters. The van der Waals surface area contributed by atoms with Gasteiger partial charge in [-0.25, -0.2) is 0 Å². The molecule has 0 bridgehead atoms. The van der Waals surface area contributed by atoms with Crippen molar-refractivity contribution < 1.29 is 0 Å². The van der Waals surface area contributed by atoms with Gasteiger partial charge in [0.2, 0.25) is 0 Å². The monoisotopic (exact) mass is 238 g/mol. The maximum absolute atomic E-state index is 6.00. The number of halogens is 1. The molecule has 1 aliphatic heterocycles. The highest BCUT2D eigenvalue weighted by Gasteiger charge is 2.30. The molecular weight excluding hydrogens is 220 g/mol. The number of aryl methyl sites for hydroxylation is 1. The maximum atomic E-state index is 6.00. The molecule has 0 aliphatic carbocycles. The number of hydrogen-bond donors (Lipinski definition) is 2. The van der Waals surface area contributed by atoms with Crippen molar-refractivity contribution in [2.24, 2.45) is 0 Å². The van der Waals surface area contributed by atoms with Gasteiger partial charge in [-0.3, -0.25) is 0 Å². The highest BCUT2D eigenvalue weighted by atomic mass is 35.5. The van der Waals surface area contributed by atoms with Crippen molar-refractivity contribution in [1.82, 2.24) is 5.32 Å². The highest BCUT2D eigenvalue weighted by Crippen LogP contribution is 2.25. The summed E-state index contributed by atoms with van der Waals surface area (Å²) in [5, 5.41) is 7.85. The van der Waals surface area contributed by atoms with Crippen molar-refractivity contribution in [3.63, 3.8) is 0 Å². The molecule has 2 N–H and O–H groups in total. The van der Waals surface area contributed by atoms with E-state index in [9.17, 15) is 0 Å². The zero-order valence-corrected chi connectivity index (χ0v) is 10.9. The van der Waals surface area contributed by atoms with Crippen molar-refractivity contribution >= 4 is 17.3 Å². The number of nitrogens with one attached hydrogen (secondary N) is 2. The molecule has 1 heterocycles. The van der Waals surface area contributed by atoms with Gasteiger partial charge in [0.25, 0.3) is 0 Å². The lowest BCUT2D eigenvalue weighted by molar-refractivity contribution is 0.457. The van der Waals surface area contributed by atoms with Crippen LogP contribution in [0.15, 0.2) is 18.2 Å². The van der Waals surface area contributed by atoms with Crippen LogP contribution in [0.5, 0.6) is 0 Å². The molecule has 0 amide bonds. The quantitative estimate of drug-likeness (QED) is 0.827. The summed E-state index contributed by atoms with van der Waals surface area (Å²) >= 11 is 6.00. The Morgan fingerprint density at radius 1 is 1.44 bits per heavy atom. The Labute approximate surface area is 102 Å². The lowest BCUT2D eigenvalue weighted by Crippen LogP contribution is -2.31. The van der Waals surface area contributed by atoms with E-state index in [1.807, 2.05) is 12.1 Å². The predicted molar refractivity (Wildman–Crippen MR) is 70.3 cm³/mol. The van der Waals surface area contributed by atoms with E-state index in [-0.39, 0.29) is 5.54 Å². The molecule has 1 saturated heterocycles. The van der Waals surface area contributed by atoms with E-state index in [0.29, 0.717) is 6.04 Å². The molecule has 1 aromatic carbocycles. The molecular formula is C13H19ClN2. The van der Waals surface area contributed by atoms with Crippen LogP contribution < -0.4 is 10.6 Å². The summed E-state index contributed by atoms with van der Waals surface area (Å²) in [6.07, 6.45) is 1.14. The molecule has 88 valence electrons. The minimum Gasteiger partial charge on any atom is -0.381 e. The number of rotatable bonds is 2. The first-order chi connectivity index (χ1) is 7.46. The van der Waals surface area contributed by atoms with Crippen LogP contribution in [0.2, 0.25) is 5.02 Å². The molecule has 0 spiro atoms. The van der Waals surface area contributed by atoms with Crippen LogP contribution >= 0.6 is 11.6 Å². The number of benzene rings is 1. The molecule has 16 heavy (non-hydrogen) atoms. The fraction of sp³-hybridized carbons (Fsp3) is 0.538. The average molecular weight is 239 g/mol. The van der Waals surface area contributed by atoms with Crippen LogP contribution in [0.1, 0.15) is 25.8 Å². The Morgan fingerprint density at radius 3 is 2.81 bits per heavy atom. The van der Waals surface area contributed by atoms with Gasteiger partial charge in [-0.15, -0.1) is 0 Å². The standard InChI is InChI=1S/C13H19ClN2/c1-9-4-5-10(14)6-12(9)16-11-7-13(2,3)15-8-11/h4-6,11,15-16H,7-8H2,1-3H3. The van der Waals surface area contributed by atoms with Gasteiger partial charge in [-0.05, 0) is 44.9 Å². The summed E-state index contributed by atoms with van der Waals surface area (Å²) in [5.41, 5.74) is 2.63. The van der Waals surface area contributed by atoms with Crippen molar-refractivity contribution in [3.8, 4) is 0 Å².